The zero-order valence-electron chi connectivity index (χ0n) is 27.7. The van der Waals surface area contributed by atoms with Crippen molar-refractivity contribution in [3.63, 3.8) is 0 Å². The van der Waals surface area contributed by atoms with E-state index in [1.165, 1.54) is 41.5 Å². The van der Waals surface area contributed by atoms with Crippen LogP contribution in [-0.4, -0.2) is 6.61 Å². The molecule has 0 saturated carbocycles. The van der Waals surface area contributed by atoms with E-state index in [2.05, 4.69) is 107 Å². The van der Waals surface area contributed by atoms with Crippen LogP contribution in [0, 0.1) is 17.8 Å². The highest BCUT2D eigenvalue weighted by Gasteiger charge is 2.26. The molecule has 0 radical (unpaired) electrons. The molecule has 3 rings (SSSR count). The maximum absolute atomic E-state index is 6.87. The molecule has 1 atom stereocenters. The van der Waals surface area contributed by atoms with Gasteiger partial charge >= 0.3 is 8.24 Å². The summed E-state index contributed by atoms with van der Waals surface area (Å²) >= 11 is 0. The first-order valence-electron chi connectivity index (χ1n) is 15.8. The third-order valence-electron chi connectivity index (χ3n) is 7.78. The minimum Gasteiger partial charge on any atom is -0.399 e. The molecule has 1 heterocycles. The first kappa shape index (κ1) is 32.8. The molecule has 0 amide bonds. The van der Waals surface area contributed by atoms with E-state index in [-0.39, 0.29) is 10.8 Å². The molecule has 0 bridgehead atoms. The normalized spacial score (nSPS) is 13.7. The fraction of sp³-hybridized carbons (Fsp3) is 0.667. The standard InChI is InChI=1S/C36H57O3P/c1-13-15-16-26(14-2)23-37-40-38-33-29(19-27(17-24(3)4)21-31(33)35(7,8)9)30-20-28(18-25(5)6)22-32(34(30)39-40)36(10,11)12/h19-22,24-26H,13-18,23H2,1-12H3. The van der Waals surface area contributed by atoms with Crippen LogP contribution < -0.4 is 4.52 Å². The summed E-state index contributed by atoms with van der Waals surface area (Å²) in [4.78, 5) is 0. The molecule has 0 N–H and O–H groups in total. The zero-order chi connectivity index (χ0) is 29.8. The topological polar surface area (TPSA) is 35.5 Å². The fourth-order valence-electron chi connectivity index (χ4n) is 5.55. The second-order valence-electron chi connectivity index (χ2n) is 14.9. The van der Waals surface area contributed by atoms with Crippen LogP contribution in [0.2, 0.25) is 0 Å². The lowest BCUT2D eigenvalue weighted by Crippen LogP contribution is -2.13. The Hall–Kier alpha value is -1.70. The second-order valence-corrected chi connectivity index (χ2v) is 15.9. The maximum Gasteiger partial charge on any atom is 0.387 e. The van der Waals surface area contributed by atoms with Crippen LogP contribution in [0.15, 0.2) is 32.7 Å². The van der Waals surface area contributed by atoms with Crippen LogP contribution >= 0.6 is 8.24 Å². The van der Waals surface area contributed by atoms with Crippen molar-refractivity contribution in [3.05, 3.63) is 46.5 Å². The fourth-order valence-corrected chi connectivity index (χ4v) is 6.72. The molecule has 0 fully saturated rings. The second kappa shape index (κ2) is 13.5. The Morgan fingerprint density at radius 2 is 1.18 bits per heavy atom. The Labute approximate surface area is 246 Å². The lowest BCUT2D eigenvalue weighted by Gasteiger charge is -2.22. The highest BCUT2D eigenvalue weighted by Crippen LogP contribution is 2.43. The van der Waals surface area contributed by atoms with Crippen molar-refractivity contribution >= 4 is 30.2 Å². The van der Waals surface area contributed by atoms with Gasteiger partial charge in [-0.3, -0.25) is 4.52 Å². The van der Waals surface area contributed by atoms with E-state index in [1.807, 2.05) is 0 Å². The highest BCUT2D eigenvalue weighted by molar-refractivity contribution is 7.31. The Morgan fingerprint density at radius 3 is 1.52 bits per heavy atom. The largest absolute Gasteiger partial charge is 0.399 e. The molecule has 4 heteroatoms. The number of hydrogen-bond donors (Lipinski definition) is 0. The maximum atomic E-state index is 6.87. The van der Waals surface area contributed by atoms with Crippen molar-refractivity contribution in [1.29, 1.82) is 0 Å². The zero-order valence-corrected chi connectivity index (χ0v) is 28.6. The van der Waals surface area contributed by atoms with E-state index in [0.29, 0.717) is 24.4 Å². The molecule has 0 aliphatic rings. The van der Waals surface area contributed by atoms with Crippen LogP contribution in [0.3, 0.4) is 0 Å². The highest BCUT2D eigenvalue weighted by atomic mass is 31.1. The van der Waals surface area contributed by atoms with Crippen LogP contribution in [0.5, 0.6) is 0 Å². The van der Waals surface area contributed by atoms with Gasteiger partial charge in [0.25, 0.3) is 0 Å². The van der Waals surface area contributed by atoms with Crippen molar-refractivity contribution in [3.8, 4) is 0 Å². The molecule has 0 spiro atoms. The van der Waals surface area contributed by atoms with Crippen molar-refractivity contribution < 1.29 is 12.9 Å². The van der Waals surface area contributed by atoms with Crippen LogP contribution in [-0.2, 0) is 23.7 Å². The molecule has 40 heavy (non-hydrogen) atoms. The van der Waals surface area contributed by atoms with Crippen LogP contribution in [0.1, 0.15) is 131 Å². The molecule has 0 saturated heterocycles. The Bertz CT molecular complexity index is 1210. The monoisotopic (exact) mass is 568 g/mol. The molecular weight excluding hydrogens is 511 g/mol. The Kier molecular flexibility index (Phi) is 11.1. The van der Waals surface area contributed by atoms with E-state index in [4.69, 9.17) is 12.9 Å². The lowest BCUT2D eigenvalue weighted by molar-refractivity contribution is 0.276. The molecular formula is C36H57O3P. The van der Waals surface area contributed by atoms with Gasteiger partial charge in [0.15, 0.2) is 0 Å². The SMILES string of the molecule is CCCCC(CC)COp1oc2c(C(C)(C)C)cc(CC(C)C)cc2c2cc(CC(C)C)cc(C(C)(C)C)c2o1. The van der Waals surface area contributed by atoms with Crippen molar-refractivity contribution in [1.82, 2.24) is 0 Å². The number of rotatable bonds is 11. The Balaban J connectivity index is 2.47. The summed E-state index contributed by atoms with van der Waals surface area (Å²) in [6.07, 6.45) is 6.79. The third-order valence-corrected chi connectivity index (χ3v) is 8.81. The van der Waals surface area contributed by atoms with E-state index in [1.54, 1.807) is 0 Å². The van der Waals surface area contributed by atoms with E-state index >= 15 is 0 Å². The average molecular weight is 569 g/mol. The minimum absolute atomic E-state index is 0.0853. The molecule has 0 aliphatic carbocycles. The summed E-state index contributed by atoms with van der Waals surface area (Å²) in [5, 5.41) is 2.31. The van der Waals surface area contributed by atoms with Gasteiger partial charge in [-0.15, -0.1) is 0 Å². The molecule has 3 nitrogen and oxygen atoms in total. The van der Waals surface area contributed by atoms with Gasteiger partial charge < -0.3 is 8.39 Å². The average Bonchev–Trinajstić information content (AvgIpc) is 2.98. The minimum atomic E-state index is -1.60. The van der Waals surface area contributed by atoms with Gasteiger partial charge in [0, 0.05) is 21.9 Å². The van der Waals surface area contributed by atoms with Gasteiger partial charge in [0.1, 0.15) is 11.2 Å². The summed E-state index contributed by atoms with van der Waals surface area (Å²) in [5.41, 5.74) is 6.89. The van der Waals surface area contributed by atoms with E-state index in [9.17, 15) is 0 Å². The molecule has 224 valence electrons. The lowest BCUT2D eigenvalue weighted by atomic mass is 9.81. The van der Waals surface area contributed by atoms with Crippen molar-refractivity contribution in [2.24, 2.45) is 17.8 Å². The molecule has 1 unspecified atom stereocenters. The van der Waals surface area contributed by atoms with E-state index < -0.39 is 8.24 Å². The summed E-state index contributed by atoms with van der Waals surface area (Å²) in [7, 11) is -1.60. The number of benzene rings is 2. The van der Waals surface area contributed by atoms with Gasteiger partial charge in [-0.05, 0) is 71.1 Å². The summed E-state index contributed by atoms with van der Waals surface area (Å²) in [6, 6.07) is 9.48. The van der Waals surface area contributed by atoms with Crippen LogP contribution in [0.4, 0.5) is 0 Å². The molecule has 1 aromatic heterocycles. The van der Waals surface area contributed by atoms with Crippen LogP contribution in [0.25, 0.3) is 21.9 Å². The van der Waals surface area contributed by atoms with Crippen molar-refractivity contribution in [2.45, 2.75) is 132 Å². The summed E-state index contributed by atoms with van der Waals surface area (Å²) in [5.74, 6) is 1.66. The molecule has 2 aromatic carbocycles. The summed E-state index contributed by atoms with van der Waals surface area (Å²) in [6.45, 7) is 28.1. The van der Waals surface area contributed by atoms with Gasteiger partial charge in [-0.25, -0.2) is 0 Å². The van der Waals surface area contributed by atoms with Gasteiger partial charge in [-0.2, -0.15) is 0 Å². The van der Waals surface area contributed by atoms with Gasteiger partial charge in [0.05, 0.1) is 6.61 Å². The number of unbranched alkanes of at least 4 members (excludes halogenated alkanes) is 1. The predicted molar refractivity (Wildman–Crippen MR) is 176 cm³/mol. The van der Waals surface area contributed by atoms with Gasteiger partial charge in [0.2, 0.25) is 0 Å². The first-order chi connectivity index (χ1) is 18.6. The quantitative estimate of drug-likeness (QED) is 0.231. The molecule has 0 aliphatic heterocycles. The van der Waals surface area contributed by atoms with Crippen molar-refractivity contribution in [2.75, 3.05) is 6.61 Å². The molecule has 3 aromatic rings. The summed E-state index contributed by atoms with van der Waals surface area (Å²) < 4.78 is 20.3. The first-order valence-corrected chi connectivity index (χ1v) is 16.9. The van der Waals surface area contributed by atoms with E-state index in [0.717, 1.165) is 41.2 Å². The van der Waals surface area contributed by atoms with Gasteiger partial charge in [-0.1, -0.05) is 114 Å². The third kappa shape index (κ3) is 8.42. The smallest absolute Gasteiger partial charge is 0.387 e. The Morgan fingerprint density at radius 1 is 0.725 bits per heavy atom. The number of hydrogen-bond acceptors (Lipinski definition) is 3. The number of fused-ring (bicyclic) bond motifs is 3. The predicted octanol–water partition coefficient (Wildman–Crippen LogP) is 11.9.